The Bertz CT molecular complexity index is 933. The van der Waals surface area contributed by atoms with Crippen LogP contribution in [0.4, 0.5) is 14.6 Å². The van der Waals surface area contributed by atoms with Crippen LogP contribution in [-0.4, -0.2) is 53.3 Å². The average Bonchev–Trinajstić information content (AvgIpc) is 3.27. The summed E-state index contributed by atoms with van der Waals surface area (Å²) in [5.74, 6) is 0.768. The summed E-state index contributed by atoms with van der Waals surface area (Å²) < 4.78 is 36.6. The van der Waals surface area contributed by atoms with E-state index in [1.54, 1.807) is 23.8 Å². The van der Waals surface area contributed by atoms with Gasteiger partial charge in [0, 0.05) is 20.2 Å². The van der Waals surface area contributed by atoms with Crippen LogP contribution in [-0.2, 0) is 4.74 Å². The van der Waals surface area contributed by atoms with E-state index in [2.05, 4.69) is 25.3 Å². The summed E-state index contributed by atoms with van der Waals surface area (Å²) >= 11 is 0. The fourth-order valence-corrected chi connectivity index (χ4v) is 3.22. The lowest BCUT2D eigenvalue weighted by Gasteiger charge is -2.19. The summed E-state index contributed by atoms with van der Waals surface area (Å²) in [4.78, 5) is 8.95. The quantitative estimate of drug-likeness (QED) is 0.689. The first-order valence-corrected chi connectivity index (χ1v) is 8.53. The molecule has 4 heterocycles. The SMILES string of the molecule is CO[C@H]1CNC[C@@H]1Nc1cccc(-c2cnc3ccc(OC(F)F)cn23)n1. The Balaban J connectivity index is 1.63. The highest BCUT2D eigenvalue weighted by atomic mass is 19.3. The van der Waals surface area contributed by atoms with Crippen molar-refractivity contribution < 1.29 is 18.3 Å². The van der Waals surface area contributed by atoms with E-state index in [4.69, 9.17) is 4.74 Å². The van der Waals surface area contributed by atoms with Gasteiger partial charge in [-0.3, -0.25) is 4.40 Å². The standard InChI is InChI=1S/C18H19F2N5O2/c1-26-15-9-21-7-13(15)24-16-4-2-3-12(23-16)14-8-22-17-6-5-11(10-25(14)17)27-18(19)20/h2-6,8,10,13,15,18,21H,7,9H2,1H3,(H,23,24)/t13-,15-/m0/s1. The maximum absolute atomic E-state index is 12.5. The summed E-state index contributed by atoms with van der Waals surface area (Å²) in [6, 6.07) is 8.80. The normalized spacial score (nSPS) is 19.7. The van der Waals surface area contributed by atoms with E-state index in [-0.39, 0.29) is 17.9 Å². The number of fused-ring (bicyclic) bond motifs is 1. The second-order valence-corrected chi connectivity index (χ2v) is 6.21. The molecule has 0 aliphatic carbocycles. The van der Waals surface area contributed by atoms with Crippen molar-refractivity contribution in [1.29, 1.82) is 0 Å². The Morgan fingerprint density at radius 3 is 2.96 bits per heavy atom. The molecule has 142 valence electrons. The fraction of sp³-hybridized carbons (Fsp3) is 0.333. The first-order chi connectivity index (χ1) is 13.1. The minimum atomic E-state index is -2.88. The molecule has 0 aromatic carbocycles. The van der Waals surface area contributed by atoms with E-state index in [0.29, 0.717) is 22.9 Å². The smallest absolute Gasteiger partial charge is 0.387 e. The molecule has 2 N–H and O–H groups in total. The number of rotatable bonds is 6. The molecule has 7 nitrogen and oxygen atoms in total. The minimum absolute atomic E-state index is 0.0611. The van der Waals surface area contributed by atoms with Crippen LogP contribution in [0.3, 0.4) is 0 Å². The van der Waals surface area contributed by atoms with Gasteiger partial charge in [-0.25, -0.2) is 9.97 Å². The molecule has 0 amide bonds. The van der Waals surface area contributed by atoms with Crippen molar-refractivity contribution >= 4 is 11.5 Å². The van der Waals surface area contributed by atoms with Gasteiger partial charge in [-0.05, 0) is 24.3 Å². The second-order valence-electron chi connectivity index (χ2n) is 6.21. The number of hydrogen-bond acceptors (Lipinski definition) is 6. The average molecular weight is 375 g/mol. The zero-order valence-electron chi connectivity index (χ0n) is 14.6. The van der Waals surface area contributed by atoms with Crippen LogP contribution >= 0.6 is 0 Å². The molecule has 27 heavy (non-hydrogen) atoms. The summed E-state index contributed by atoms with van der Waals surface area (Å²) in [5.41, 5.74) is 1.97. The number of pyridine rings is 2. The van der Waals surface area contributed by atoms with Crippen molar-refractivity contribution in [1.82, 2.24) is 19.7 Å². The third-order valence-electron chi connectivity index (χ3n) is 4.51. The van der Waals surface area contributed by atoms with E-state index in [1.807, 2.05) is 18.2 Å². The van der Waals surface area contributed by atoms with Crippen LogP contribution in [0.5, 0.6) is 5.75 Å². The lowest BCUT2D eigenvalue weighted by Crippen LogP contribution is -2.33. The Hall–Kier alpha value is -2.78. The molecule has 1 aliphatic rings. The van der Waals surface area contributed by atoms with Crippen molar-refractivity contribution in [3.8, 4) is 17.1 Å². The van der Waals surface area contributed by atoms with Crippen LogP contribution < -0.4 is 15.4 Å². The largest absolute Gasteiger partial charge is 0.433 e. The Kier molecular flexibility index (Phi) is 4.87. The van der Waals surface area contributed by atoms with Gasteiger partial charge < -0.3 is 20.1 Å². The number of methoxy groups -OCH3 is 1. The summed E-state index contributed by atoms with van der Waals surface area (Å²) in [6.07, 6.45) is 3.20. The highest BCUT2D eigenvalue weighted by Gasteiger charge is 2.27. The van der Waals surface area contributed by atoms with E-state index >= 15 is 0 Å². The van der Waals surface area contributed by atoms with Gasteiger partial charge >= 0.3 is 6.61 Å². The van der Waals surface area contributed by atoms with Crippen molar-refractivity contribution in [2.75, 3.05) is 25.5 Å². The second kappa shape index (κ2) is 7.45. The van der Waals surface area contributed by atoms with Crippen molar-refractivity contribution in [2.24, 2.45) is 0 Å². The molecule has 1 aliphatic heterocycles. The van der Waals surface area contributed by atoms with Crippen molar-refractivity contribution in [3.05, 3.63) is 42.7 Å². The van der Waals surface area contributed by atoms with E-state index in [9.17, 15) is 8.78 Å². The Morgan fingerprint density at radius 1 is 1.26 bits per heavy atom. The molecular weight excluding hydrogens is 356 g/mol. The van der Waals surface area contributed by atoms with E-state index in [0.717, 1.165) is 13.1 Å². The van der Waals surface area contributed by atoms with Gasteiger partial charge in [-0.2, -0.15) is 8.78 Å². The zero-order chi connectivity index (χ0) is 18.8. The topological polar surface area (TPSA) is 72.7 Å². The van der Waals surface area contributed by atoms with Crippen molar-refractivity contribution in [2.45, 2.75) is 18.8 Å². The number of nitrogens with one attached hydrogen (secondary N) is 2. The molecule has 0 saturated carbocycles. The number of nitrogens with zero attached hydrogens (tertiary/aromatic N) is 3. The molecule has 0 radical (unpaired) electrons. The highest BCUT2D eigenvalue weighted by molar-refractivity contribution is 5.62. The number of hydrogen-bond donors (Lipinski definition) is 2. The highest BCUT2D eigenvalue weighted by Crippen LogP contribution is 2.24. The molecule has 0 bridgehead atoms. The number of halogens is 2. The third-order valence-corrected chi connectivity index (χ3v) is 4.51. The zero-order valence-corrected chi connectivity index (χ0v) is 14.6. The minimum Gasteiger partial charge on any atom is -0.433 e. The lowest BCUT2D eigenvalue weighted by atomic mass is 10.2. The summed E-state index contributed by atoms with van der Waals surface area (Å²) in [6.45, 7) is -1.31. The lowest BCUT2D eigenvalue weighted by molar-refractivity contribution is -0.0501. The molecule has 0 spiro atoms. The molecule has 4 rings (SSSR count). The third kappa shape index (κ3) is 3.69. The van der Waals surface area contributed by atoms with Gasteiger partial charge in [-0.1, -0.05) is 6.07 Å². The van der Waals surface area contributed by atoms with Crippen LogP contribution in [0.25, 0.3) is 17.0 Å². The Morgan fingerprint density at radius 2 is 2.15 bits per heavy atom. The monoisotopic (exact) mass is 375 g/mol. The van der Waals surface area contributed by atoms with Crippen molar-refractivity contribution in [3.63, 3.8) is 0 Å². The molecule has 3 aromatic heterocycles. The van der Waals surface area contributed by atoms with Crippen LogP contribution in [0, 0.1) is 0 Å². The number of aromatic nitrogens is 3. The number of ether oxygens (including phenoxy) is 2. The summed E-state index contributed by atoms with van der Waals surface area (Å²) in [7, 11) is 1.69. The molecular formula is C18H19F2N5O2. The number of imidazole rings is 1. The summed E-state index contributed by atoms with van der Waals surface area (Å²) in [5, 5.41) is 6.65. The van der Waals surface area contributed by atoms with Gasteiger partial charge in [0.1, 0.15) is 17.2 Å². The fourth-order valence-electron chi connectivity index (χ4n) is 3.22. The molecule has 1 fully saturated rings. The maximum atomic E-state index is 12.5. The van der Waals surface area contributed by atoms with E-state index < -0.39 is 6.61 Å². The number of anilines is 1. The van der Waals surface area contributed by atoms with Crippen LogP contribution in [0.15, 0.2) is 42.7 Å². The first-order valence-electron chi connectivity index (χ1n) is 8.53. The van der Waals surface area contributed by atoms with Gasteiger partial charge in [0.25, 0.3) is 0 Å². The maximum Gasteiger partial charge on any atom is 0.387 e. The van der Waals surface area contributed by atoms with Gasteiger partial charge in [0.15, 0.2) is 0 Å². The molecule has 2 atom stereocenters. The first kappa shape index (κ1) is 17.6. The van der Waals surface area contributed by atoms with Gasteiger partial charge in [0.05, 0.1) is 35.9 Å². The molecule has 0 unspecified atom stereocenters. The molecule has 3 aromatic rings. The number of alkyl halides is 2. The van der Waals surface area contributed by atoms with Crippen LogP contribution in [0.1, 0.15) is 0 Å². The predicted octanol–water partition coefficient (Wildman–Crippen LogP) is 2.40. The Labute approximate surface area is 154 Å². The van der Waals surface area contributed by atoms with Gasteiger partial charge in [-0.15, -0.1) is 0 Å². The predicted molar refractivity (Wildman–Crippen MR) is 96.1 cm³/mol. The van der Waals surface area contributed by atoms with E-state index in [1.165, 1.54) is 12.3 Å². The molecule has 1 saturated heterocycles. The molecule has 9 heteroatoms. The van der Waals surface area contributed by atoms with Gasteiger partial charge in [0.2, 0.25) is 0 Å². The van der Waals surface area contributed by atoms with Crippen LogP contribution in [0.2, 0.25) is 0 Å².